The molecule has 3 heteroatoms. The number of methoxy groups -OCH3 is 1. The molecule has 0 aromatic heterocycles. The van der Waals surface area contributed by atoms with Crippen molar-refractivity contribution in [2.75, 3.05) is 7.11 Å². The van der Waals surface area contributed by atoms with Crippen LogP contribution in [0.1, 0.15) is 48.5 Å². The van der Waals surface area contributed by atoms with Crippen molar-refractivity contribution in [2.45, 2.75) is 59.7 Å². The van der Waals surface area contributed by atoms with Crippen molar-refractivity contribution in [1.82, 2.24) is 0 Å². The molecule has 0 amide bonds. The van der Waals surface area contributed by atoms with Gasteiger partial charge in [0.05, 0.1) is 18.3 Å². The summed E-state index contributed by atoms with van der Waals surface area (Å²) < 4.78 is 9.74. The van der Waals surface area contributed by atoms with Gasteiger partial charge in [-0.25, -0.2) is 0 Å². The summed E-state index contributed by atoms with van der Waals surface area (Å²) in [6, 6.07) is 0. The highest BCUT2D eigenvalue weighted by Gasteiger charge is 2.19. The standard InChI is InChI=1S/C8H18O.C3H6O2/c1-7(2,3)9-8(4,5)6;1-3(4)5-2/h1-6H3;1-2H3. The lowest BCUT2D eigenvalue weighted by atomic mass is 10.1. The predicted molar refractivity (Wildman–Crippen MR) is 58.3 cm³/mol. The number of carbonyl (C=O) groups is 1. The van der Waals surface area contributed by atoms with E-state index in [4.69, 9.17) is 4.74 Å². The summed E-state index contributed by atoms with van der Waals surface area (Å²) in [7, 11) is 1.35. The van der Waals surface area contributed by atoms with Crippen LogP contribution in [0.25, 0.3) is 0 Å². The highest BCUT2D eigenvalue weighted by molar-refractivity contribution is 5.65. The van der Waals surface area contributed by atoms with Gasteiger partial charge < -0.3 is 9.47 Å². The van der Waals surface area contributed by atoms with Crippen molar-refractivity contribution in [1.29, 1.82) is 0 Å². The number of ether oxygens (including phenoxy) is 2. The molecule has 0 aromatic carbocycles. The molecule has 0 spiro atoms. The minimum atomic E-state index is -0.245. The molecule has 86 valence electrons. The summed E-state index contributed by atoms with van der Waals surface area (Å²) in [5.74, 6) is -0.245. The van der Waals surface area contributed by atoms with Crippen LogP contribution in [-0.2, 0) is 14.3 Å². The van der Waals surface area contributed by atoms with Gasteiger partial charge in [0.2, 0.25) is 0 Å². The summed E-state index contributed by atoms with van der Waals surface area (Å²) in [4.78, 5) is 9.59. The second kappa shape index (κ2) is 6.02. The van der Waals surface area contributed by atoms with Crippen molar-refractivity contribution in [2.24, 2.45) is 0 Å². The van der Waals surface area contributed by atoms with Gasteiger partial charge in [-0.05, 0) is 41.5 Å². The third kappa shape index (κ3) is 22.5. The topological polar surface area (TPSA) is 35.5 Å². The van der Waals surface area contributed by atoms with Gasteiger partial charge in [0.1, 0.15) is 0 Å². The number of rotatable bonds is 0. The van der Waals surface area contributed by atoms with E-state index in [0.29, 0.717) is 0 Å². The molecular formula is C11H24O3. The van der Waals surface area contributed by atoms with Crippen LogP contribution in [0.4, 0.5) is 0 Å². The van der Waals surface area contributed by atoms with E-state index in [1.807, 2.05) is 0 Å². The Balaban J connectivity index is 0. The van der Waals surface area contributed by atoms with Crippen molar-refractivity contribution in [3.63, 3.8) is 0 Å². The molecule has 14 heavy (non-hydrogen) atoms. The Labute approximate surface area is 87.8 Å². The van der Waals surface area contributed by atoms with Gasteiger partial charge in [0, 0.05) is 6.92 Å². The largest absolute Gasteiger partial charge is 0.469 e. The Morgan fingerprint density at radius 1 is 0.929 bits per heavy atom. The van der Waals surface area contributed by atoms with Crippen molar-refractivity contribution in [3.05, 3.63) is 0 Å². The quantitative estimate of drug-likeness (QED) is 0.569. The maximum atomic E-state index is 9.59. The lowest BCUT2D eigenvalue weighted by Crippen LogP contribution is -2.31. The molecule has 0 fully saturated rings. The molecule has 0 atom stereocenters. The summed E-state index contributed by atoms with van der Waals surface area (Å²) in [6.07, 6.45) is 0. The molecule has 0 unspecified atom stereocenters. The fourth-order valence-electron chi connectivity index (χ4n) is 0.919. The van der Waals surface area contributed by atoms with E-state index in [1.165, 1.54) is 14.0 Å². The fourth-order valence-corrected chi connectivity index (χ4v) is 0.919. The van der Waals surface area contributed by atoms with Crippen LogP contribution in [-0.4, -0.2) is 24.3 Å². The average molecular weight is 204 g/mol. The number of esters is 1. The third-order valence-corrected chi connectivity index (χ3v) is 0.900. The van der Waals surface area contributed by atoms with Crippen LogP contribution in [0.15, 0.2) is 0 Å². The fraction of sp³-hybridized carbons (Fsp3) is 0.909. The Morgan fingerprint density at radius 3 is 1.14 bits per heavy atom. The number of hydrogen-bond acceptors (Lipinski definition) is 3. The maximum Gasteiger partial charge on any atom is 0.302 e. The number of carbonyl (C=O) groups excluding carboxylic acids is 1. The van der Waals surface area contributed by atoms with Crippen molar-refractivity contribution < 1.29 is 14.3 Å². The number of hydrogen-bond donors (Lipinski definition) is 0. The molecule has 0 aliphatic heterocycles. The molecule has 3 nitrogen and oxygen atoms in total. The van der Waals surface area contributed by atoms with Crippen LogP contribution in [0.2, 0.25) is 0 Å². The van der Waals surface area contributed by atoms with Gasteiger partial charge in [0.15, 0.2) is 0 Å². The first-order chi connectivity index (χ1) is 5.98. The van der Waals surface area contributed by atoms with Crippen LogP contribution in [0.5, 0.6) is 0 Å². The summed E-state index contributed by atoms with van der Waals surface area (Å²) in [5, 5.41) is 0. The smallest absolute Gasteiger partial charge is 0.302 e. The molecule has 0 saturated carbocycles. The van der Waals surface area contributed by atoms with E-state index in [0.717, 1.165) is 0 Å². The van der Waals surface area contributed by atoms with E-state index in [-0.39, 0.29) is 17.2 Å². The Kier molecular flexibility index (Phi) is 6.82. The molecule has 0 rings (SSSR count). The van der Waals surface area contributed by atoms with E-state index in [9.17, 15) is 4.79 Å². The Morgan fingerprint density at radius 2 is 1.14 bits per heavy atom. The van der Waals surface area contributed by atoms with Gasteiger partial charge in [-0.1, -0.05) is 0 Å². The van der Waals surface area contributed by atoms with Crippen molar-refractivity contribution in [3.8, 4) is 0 Å². The van der Waals surface area contributed by atoms with Gasteiger partial charge >= 0.3 is 5.97 Å². The van der Waals surface area contributed by atoms with E-state index < -0.39 is 0 Å². The van der Waals surface area contributed by atoms with Gasteiger partial charge in [0.25, 0.3) is 0 Å². The van der Waals surface area contributed by atoms with Crippen LogP contribution >= 0.6 is 0 Å². The highest BCUT2D eigenvalue weighted by Crippen LogP contribution is 2.17. The summed E-state index contributed by atoms with van der Waals surface area (Å²) in [5.41, 5.74) is -0.0312. The second-order valence-corrected chi connectivity index (χ2v) is 5.02. The third-order valence-electron chi connectivity index (χ3n) is 0.900. The normalized spacial score (nSPS) is 11.4. The lowest BCUT2D eigenvalue weighted by molar-refractivity contribution is -0.137. The highest BCUT2D eigenvalue weighted by atomic mass is 16.5. The molecule has 0 aliphatic rings. The monoisotopic (exact) mass is 204 g/mol. The SMILES string of the molecule is CC(C)(C)OC(C)(C)C.COC(C)=O. The molecule has 0 bridgehead atoms. The molecule has 0 heterocycles. The van der Waals surface area contributed by atoms with Crippen LogP contribution in [0.3, 0.4) is 0 Å². The zero-order valence-corrected chi connectivity index (χ0v) is 10.7. The molecule has 0 N–H and O–H groups in total. The maximum absolute atomic E-state index is 9.59. The Hall–Kier alpha value is -0.570. The average Bonchev–Trinajstić information content (AvgIpc) is 1.80. The zero-order valence-electron chi connectivity index (χ0n) is 10.7. The molecule has 0 aromatic rings. The Bertz CT molecular complexity index is 148. The van der Waals surface area contributed by atoms with Gasteiger partial charge in [-0.15, -0.1) is 0 Å². The van der Waals surface area contributed by atoms with Gasteiger partial charge in [-0.3, -0.25) is 4.79 Å². The minimum Gasteiger partial charge on any atom is -0.469 e. The summed E-state index contributed by atoms with van der Waals surface area (Å²) >= 11 is 0. The van der Waals surface area contributed by atoms with Crippen molar-refractivity contribution >= 4 is 5.97 Å². The zero-order chi connectivity index (χ0) is 12.0. The van der Waals surface area contributed by atoms with E-state index in [2.05, 4.69) is 46.3 Å². The first-order valence-corrected chi connectivity index (χ1v) is 4.72. The van der Waals surface area contributed by atoms with E-state index >= 15 is 0 Å². The predicted octanol–water partition coefficient (Wildman–Crippen LogP) is 2.78. The molecule has 0 aliphatic carbocycles. The molecular weight excluding hydrogens is 180 g/mol. The lowest BCUT2D eigenvalue weighted by Gasteiger charge is -2.30. The summed E-state index contributed by atoms with van der Waals surface area (Å²) in [6.45, 7) is 13.8. The first kappa shape index (κ1) is 15.9. The van der Waals surface area contributed by atoms with E-state index in [1.54, 1.807) is 0 Å². The van der Waals surface area contributed by atoms with Crippen LogP contribution < -0.4 is 0 Å². The van der Waals surface area contributed by atoms with Crippen LogP contribution in [0, 0.1) is 0 Å². The second-order valence-electron chi connectivity index (χ2n) is 5.02. The molecule has 0 saturated heterocycles. The first-order valence-electron chi connectivity index (χ1n) is 4.72. The molecule has 0 radical (unpaired) electrons. The van der Waals surface area contributed by atoms with Gasteiger partial charge in [-0.2, -0.15) is 0 Å². The minimum absolute atomic E-state index is 0.0156.